The molecule has 1 heterocycles. The van der Waals surface area contributed by atoms with Crippen molar-refractivity contribution in [1.29, 1.82) is 0 Å². The van der Waals surface area contributed by atoms with Crippen molar-refractivity contribution >= 4 is 28.2 Å². The zero-order valence-corrected chi connectivity index (χ0v) is 17.3. The zero-order valence-electron chi connectivity index (χ0n) is 16.5. The Labute approximate surface area is 169 Å². The Bertz CT molecular complexity index is 1000. The largest absolute Gasteiger partial charge is 0.465 e. The van der Waals surface area contributed by atoms with Gasteiger partial charge in [0.1, 0.15) is 5.00 Å². The summed E-state index contributed by atoms with van der Waals surface area (Å²) in [5, 5.41) is 3.42. The summed E-state index contributed by atoms with van der Waals surface area (Å²) in [5.41, 5.74) is 5.27. The lowest BCUT2D eigenvalue weighted by Gasteiger charge is -2.08. The normalized spacial score (nSPS) is 10.6. The van der Waals surface area contributed by atoms with Crippen molar-refractivity contribution in [3.05, 3.63) is 75.7 Å². The summed E-state index contributed by atoms with van der Waals surface area (Å²) >= 11 is 1.40. The molecule has 3 aromatic rings. The maximum atomic E-state index is 12.7. The summed E-state index contributed by atoms with van der Waals surface area (Å²) in [6.45, 7) is 5.98. The lowest BCUT2D eigenvalue weighted by atomic mass is 10.0. The molecule has 1 aromatic heterocycles. The summed E-state index contributed by atoms with van der Waals surface area (Å²) in [4.78, 5) is 25.9. The third-order valence-corrected chi connectivity index (χ3v) is 5.77. The van der Waals surface area contributed by atoms with E-state index in [4.69, 9.17) is 4.74 Å². The van der Waals surface area contributed by atoms with Gasteiger partial charge in [0.25, 0.3) is 5.91 Å². The Morgan fingerprint density at radius 2 is 1.54 bits per heavy atom. The Kier molecular flexibility index (Phi) is 5.95. The van der Waals surface area contributed by atoms with Crippen LogP contribution >= 0.6 is 11.3 Å². The fourth-order valence-electron chi connectivity index (χ4n) is 3.15. The van der Waals surface area contributed by atoms with Gasteiger partial charge in [-0.1, -0.05) is 48.9 Å². The van der Waals surface area contributed by atoms with Gasteiger partial charge in [0.2, 0.25) is 0 Å². The number of benzene rings is 2. The Morgan fingerprint density at radius 1 is 0.964 bits per heavy atom. The summed E-state index contributed by atoms with van der Waals surface area (Å²) in [6, 6.07) is 15.7. The minimum Gasteiger partial charge on any atom is -0.465 e. The van der Waals surface area contributed by atoms with E-state index < -0.39 is 5.97 Å². The highest BCUT2D eigenvalue weighted by Crippen LogP contribution is 2.34. The maximum Gasteiger partial charge on any atom is 0.341 e. The van der Waals surface area contributed by atoms with Gasteiger partial charge in [-0.3, -0.25) is 4.79 Å². The van der Waals surface area contributed by atoms with Crippen molar-refractivity contribution in [2.24, 2.45) is 0 Å². The van der Waals surface area contributed by atoms with Crippen LogP contribution in [0.5, 0.6) is 0 Å². The first-order valence-corrected chi connectivity index (χ1v) is 9.95. The standard InChI is InChI=1S/C23H23NO3S/c1-5-19-15(3)28-22(20(19)23(26)27-4)24-21(25)18-12-10-17(11-13-18)16-8-6-14(2)7-9-16/h6-13H,5H2,1-4H3,(H,24,25). The molecular weight excluding hydrogens is 370 g/mol. The van der Waals surface area contributed by atoms with Crippen LogP contribution in [0, 0.1) is 13.8 Å². The van der Waals surface area contributed by atoms with E-state index in [1.54, 1.807) is 12.1 Å². The van der Waals surface area contributed by atoms with Crippen LogP contribution in [-0.2, 0) is 11.2 Å². The van der Waals surface area contributed by atoms with Crippen molar-refractivity contribution in [3.63, 3.8) is 0 Å². The minimum absolute atomic E-state index is 0.246. The number of anilines is 1. The predicted octanol–water partition coefficient (Wildman–Crippen LogP) is 5.63. The molecule has 1 N–H and O–H groups in total. The number of carbonyl (C=O) groups is 2. The van der Waals surface area contributed by atoms with E-state index in [2.05, 4.69) is 36.5 Å². The molecule has 2 aromatic carbocycles. The number of amides is 1. The van der Waals surface area contributed by atoms with Crippen molar-refractivity contribution in [2.45, 2.75) is 27.2 Å². The third kappa shape index (κ3) is 3.99. The maximum absolute atomic E-state index is 12.7. The van der Waals surface area contributed by atoms with E-state index in [0.717, 1.165) is 21.6 Å². The molecule has 0 spiro atoms. The molecule has 0 radical (unpaired) electrons. The first kappa shape index (κ1) is 19.8. The molecule has 0 aliphatic heterocycles. The average Bonchev–Trinajstić information content (AvgIpc) is 3.02. The van der Waals surface area contributed by atoms with Gasteiger partial charge in [-0.25, -0.2) is 4.79 Å². The molecule has 1 amide bonds. The van der Waals surface area contributed by atoms with Crippen LogP contribution in [-0.4, -0.2) is 19.0 Å². The van der Waals surface area contributed by atoms with Crippen LogP contribution in [0.1, 0.15) is 43.6 Å². The van der Waals surface area contributed by atoms with Crippen LogP contribution in [0.3, 0.4) is 0 Å². The van der Waals surface area contributed by atoms with E-state index in [9.17, 15) is 9.59 Å². The number of thiophene rings is 1. The molecule has 0 saturated carbocycles. The molecule has 0 saturated heterocycles. The first-order valence-electron chi connectivity index (χ1n) is 9.13. The summed E-state index contributed by atoms with van der Waals surface area (Å²) in [7, 11) is 1.35. The monoisotopic (exact) mass is 393 g/mol. The van der Waals surface area contributed by atoms with E-state index in [-0.39, 0.29) is 5.91 Å². The van der Waals surface area contributed by atoms with Crippen LogP contribution in [0.25, 0.3) is 11.1 Å². The molecule has 0 fully saturated rings. The van der Waals surface area contributed by atoms with Crippen LogP contribution in [0.2, 0.25) is 0 Å². The second kappa shape index (κ2) is 8.40. The number of hydrogen-bond acceptors (Lipinski definition) is 4. The second-order valence-corrected chi connectivity index (χ2v) is 7.81. The van der Waals surface area contributed by atoms with Gasteiger partial charge in [0, 0.05) is 10.4 Å². The predicted molar refractivity (Wildman–Crippen MR) is 114 cm³/mol. The van der Waals surface area contributed by atoms with Crippen LogP contribution in [0.4, 0.5) is 5.00 Å². The number of rotatable bonds is 5. The third-order valence-electron chi connectivity index (χ3n) is 4.71. The molecule has 144 valence electrons. The van der Waals surface area contributed by atoms with Crippen LogP contribution in [0.15, 0.2) is 48.5 Å². The number of carbonyl (C=O) groups excluding carboxylic acids is 2. The molecule has 0 bridgehead atoms. The van der Waals surface area contributed by atoms with Crippen molar-refractivity contribution in [2.75, 3.05) is 12.4 Å². The van der Waals surface area contributed by atoms with Crippen LogP contribution < -0.4 is 5.32 Å². The Hall–Kier alpha value is -2.92. The van der Waals surface area contributed by atoms with Gasteiger partial charge >= 0.3 is 5.97 Å². The minimum atomic E-state index is -0.425. The number of ether oxygens (including phenoxy) is 1. The van der Waals surface area contributed by atoms with Crippen molar-refractivity contribution in [1.82, 2.24) is 0 Å². The fourth-order valence-corrected chi connectivity index (χ4v) is 4.27. The SMILES string of the molecule is CCc1c(C)sc(NC(=O)c2ccc(-c3ccc(C)cc3)cc2)c1C(=O)OC. The number of aryl methyl sites for hydroxylation is 2. The van der Waals surface area contributed by atoms with Gasteiger partial charge in [-0.15, -0.1) is 11.3 Å². The second-order valence-electron chi connectivity index (χ2n) is 6.58. The van der Waals surface area contributed by atoms with Gasteiger partial charge < -0.3 is 10.1 Å². The molecule has 3 rings (SSSR count). The van der Waals surface area contributed by atoms with E-state index in [0.29, 0.717) is 22.5 Å². The first-order chi connectivity index (χ1) is 13.4. The molecule has 0 aliphatic rings. The number of esters is 1. The molecular formula is C23H23NO3S. The topological polar surface area (TPSA) is 55.4 Å². The van der Waals surface area contributed by atoms with E-state index >= 15 is 0 Å². The fraction of sp³-hybridized carbons (Fsp3) is 0.217. The number of hydrogen-bond donors (Lipinski definition) is 1. The van der Waals surface area contributed by atoms with Gasteiger partial charge in [-0.05, 0) is 49.1 Å². The smallest absolute Gasteiger partial charge is 0.341 e. The Balaban J connectivity index is 1.84. The van der Waals surface area contributed by atoms with E-state index in [1.165, 1.54) is 24.0 Å². The highest BCUT2D eigenvalue weighted by Gasteiger charge is 2.23. The molecule has 0 aliphatic carbocycles. The van der Waals surface area contributed by atoms with Gasteiger partial charge in [0.15, 0.2) is 0 Å². The Morgan fingerprint density at radius 3 is 2.07 bits per heavy atom. The quantitative estimate of drug-likeness (QED) is 0.571. The van der Waals surface area contributed by atoms with E-state index in [1.807, 2.05) is 26.0 Å². The number of nitrogens with one attached hydrogen (secondary N) is 1. The molecule has 28 heavy (non-hydrogen) atoms. The summed E-state index contributed by atoms with van der Waals surface area (Å²) in [6.07, 6.45) is 0.702. The molecule has 4 nitrogen and oxygen atoms in total. The summed E-state index contributed by atoms with van der Waals surface area (Å²) < 4.78 is 4.91. The molecule has 5 heteroatoms. The summed E-state index contributed by atoms with van der Waals surface area (Å²) in [5.74, 6) is -0.671. The zero-order chi connectivity index (χ0) is 20.3. The highest BCUT2D eigenvalue weighted by atomic mass is 32.1. The lowest BCUT2D eigenvalue weighted by Crippen LogP contribution is -2.14. The van der Waals surface area contributed by atoms with Gasteiger partial charge in [0.05, 0.1) is 12.7 Å². The highest BCUT2D eigenvalue weighted by molar-refractivity contribution is 7.16. The van der Waals surface area contributed by atoms with Crippen molar-refractivity contribution in [3.8, 4) is 11.1 Å². The van der Waals surface area contributed by atoms with Crippen molar-refractivity contribution < 1.29 is 14.3 Å². The molecule has 0 unspecified atom stereocenters. The number of methoxy groups -OCH3 is 1. The van der Waals surface area contributed by atoms with Gasteiger partial charge in [-0.2, -0.15) is 0 Å². The molecule has 0 atom stereocenters. The average molecular weight is 394 g/mol. The lowest BCUT2D eigenvalue weighted by molar-refractivity contribution is 0.0601.